The summed E-state index contributed by atoms with van der Waals surface area (Å²) in [4.78, 5) is 24.2. The first kappa shape index (κ1) is 20.0. The third kappa shape index (κ3) is 4.18. The molecule has 8 heteroatoms. The van der Waals surface area contributed by atoms with E-state index in [1.54, 1.807) is 25.3 Å². The van der Waals surface area contributed by atoms with Crippen molar-refractivity contribution in [2.45, 2.75) is 6.92 Å². The summed E-state index contributed by atoms with van der Waals surface area (Å²) in [5.41, 5.74) is 2.92. The predicted molar refractivity (Wildman–Crippen MR) is 118 cm³/mol. The van der Waals surface area contributed by atoms with Crippen LogP contribution in [0.5, 0.6) is 11.5 Å². The van der Waals surface area contributed by atoms with Crippen LogP contribution in [0.3, 0.4) is 0 Å². The van der Waals surface area contributed by atoms with Crippen LogP contribution in [0.15, 0.2) is 70.9 Å². The van der Waals surface area contributed by atoms with Gasteiger partial charge in [0.2, 0.25) is 5.91 Å². The molecule has 0 N–H and O–H groups in total. The standard InChI is InChI=1S/C23H18N4O4/c1-15(28)26(2)21-13-19(27(29)30)14-23-20(21)10-8-16-12-18(9-11-22(16)31-23)25-24-17-6-4-3-5-7-17/h3-14H,1-2H3. The Morgan fingerprint density at radius 3 is 2.42 bits per heavy atom. The number of carbonyl (C=O) groups is 1. The third-order valence-electron chi connectivity index (χ3n) is 4.83. The van der Waals surface area contributed by atoms with Gasteiger partial charge in [-0.05, 0) is 36.4 Å². The third-order valence-corrected chi connectivity index (χ3v) is 4.83. The van der Waals surface area contributed by atoms with Crippen LogP contribution in [0.2, 0.25) is 0 Å². The van der Waals surface area contributed by atoms with Crippen molar-refractivity contribution in [3.63, 3.8) is 0 Å². The number of hydrogen-bond acceptors (Lipinski definition) is 6. The number of amides is 1. The van der Waals surface area contributed by atoms with Crippen LogP contribution >= 0.6 is 0 Å². The monoisotopic (exact) mass is 414 g/mol. The molecule has 1 heterocycles. The molecule has 0 spiro atoms. The lowest BCUT2D eigenvalue weighted by Gasteiger charge is -2.19. The van der Waals surface area contributed by atoms with E-state index in [2.05, 4.69) is 10.2 Å². The second-order valence-corrected chi connectivity index (χ2v) is 6.90. The number of fused-ring (bicyclic) bond motifs is 2. The van der Waals surface area contributed by atoms with Gasteiger partial charge >= 0.3 is 0 Å². The molecule has 0 aromatic heterocycles. The Bertz CT molecular complexity index is 1240. The molecule has 0 fully saturated rings. The fraction of sp³-hybridized carbons (Fsp3) is 0.0870. The summed E-state index contributed by atoms with van der Waals surface area (Å²) in [6.45, 7) is 1.39. The van der Waals surface area contributed by atoms with Crippen molar-refractivity contribution in [3.05, 3.63) is 81.9 Å². The summed E-state index contributed by atoms with van der Waals surface area (Å²) in [5.74, 6) is 0.568. The van der Waals surface area contributed by atoms with Crippen LogP contribution in [-0.2, 0) is 4.79 Å². The largest absolute Gasteiger partial charge is 0.456 e. The lowest BCUT2D eigenvalue weighted by molar-refractivity contribution is -0.384. The molecular weight excluding hydrogens is 396 g/mol. The van der Waals surface area contributed by atoms with E-state index in [0.29, 0.717) is 28.4 Å². The molecule has 8 nitrogen and oxygen atoms in total. The van der Waals surface area contributed by atoms with Gasteiger partial charge < -0.3 is 9.64 Å². The number of nitrogens with zero attached hydrogens (tertiary/aromatic N) is 4. The minimum atomic E-state index is -0.510. The van der Waals surface area contributed by atoms with Gasteiger partial charge in [-0.2, -0.15) is 10.2 Å². The minimum absolute atomic E-state index is 0.160. The number of nitro groups is 1. The fourth-order valence-electron chi connectivity index (χ4n) is 3.13. The maximum Gasteiger partial charge on any atom is 0.275 e. The van der Waals surface area contributed by atoms with Gasteiger partial charge in [-0.1, -0.05) is 24.3 Å². The van der Waals surface area contributed by atoms with E-state index in [1.165, 1.54) is 24.0 Å². The second kappa shape index (κ2) is 8.19. The highest BCUT2D eigenvalue weighted by Crippen LogP contribution is 2.42. The summed E-state index contributed by atoms with van der Waals surface area (Å²) < 4.78 is 6.00. The number of anilines is 1. The smallest absolute Gasteiger partial charge is 0.275 e. The number of rotatable bonds is 4. The number of carbonyl (C=O) groups excluding carboxylic acids is 1. The van der Waals surface area contributed by atoms with Crippen LogP contribution in [0.25, 0.3) is 12.2 Å². The van der Waals surface area contributed by atoms with Crippen molar-refractivity contribution in [2.24, 2.45) is 10.2 Å². The molecule has 31 heavy (non-hydrogen) atoms. The zero-order valence-electron chi connectivity index (χ0n) is 16.9. The average molecular weight is 414 g/mol. The molecule has 0 saturated heterocycles. The van der Waals surface area contributed by atoms with Gasteiger partial charge in [-0.15, -0.1) is 0 Å². The fourth-order valence-corrected chi connectivity index (χ4v) is 3.13. The first-order valence-corrected chi connectivity index (χ1v) is 9.46. The highest BCUT2D eigenvalue weighted by Gasteiger charge is 2.23. The van der Waals surface area contributed by atoms with Crippen molar-refractivity contribution < 1.29 is 14.5 Å². The molecule has 1 amide bonds. The van der Waals surface area contributed by atoms with Gasteiger partial charge in [0.15, 0.2) is 0 Å². The van der Waals surface area contributed by atoms with Crippen LogP contribution in [0.1, 0.15) is 18.1 Å². The van der Waals surface area contributed by atoms with E-state index < -0.39 is 4.92 Å². The Morgan fingerprint density at radius 2 is 1.71 bits per heavy atom. The summed E-state index contributed by atoms with van der Waals surface area (Å²) in [5, 5.41) is 19.9. The highest BCUT2D eigenvalue weighted by molar-refractivity contribution is 5.96. The lowest BCUT2D eigenvalue weighted by Crippen LogP contribution is -2.23. The number of hydrogen-bond donors (Lipinski definition) is 0. The molecule has 4 rings (SSSR count). The van der Waals surface area contributed by atoms with Crippen molar-refractivity contribution >= 4 is 40.8 Å². The van der Waals surface area contributed by atoms with E-state index in [9.17, 15) is 14.9 Å². The molecule has 0 unspecified atom stereocenters. The van der Waals surface area contributed by atoms with Gasteiger partial charge in [0.05, 0.1) is 28.1 Å². The van der Waals surface area contributed by atoms with E-state index in [1.807, 2.05) is 42.5 Å². The molecular formula is C23H18N4O4. The van der Waals surface area contributed by atoms with E-state index in [-0.39, 0.29) is 11.6 Å². The molecule has 0 bridgehead atoms. The van der Waals surface area contributed by atoms with Gasteiger partial charge in [-0.25, -0.2) is 0 Å². The zero-order chi connectivity index (χ0) is 22.0. The van der Waals surface area contributed by atoms with Gasteiger partial charge in [0.1, 0.15) is 11.5 Å². The second-order valence-electron chi connectivity index (χ2n) is 6.90. The molecule has 3 aromatic rings. The molecule has 0 saturated carbocycles. The summed E-state index contributed by atoms with van der Waals surface area (Å²) in [7, 11) is 1.57. The molecule has 0 aliphatic carbocycles. The Morgan fingerprint density at radius 1 is 0.968 bits per heavy atom. The Balaban J connectivity index is 1.74. The Kier molecular flexibility index (Phi) is 5.28. The van der Waals surface area contributed by atoms with Crippen LogP contribution in [0.4, 0.5) is 22.7 Å². The van der Waals surface area contributed by atoms with E-state index in [4.69, 9.17) is 4.74 Å². The first-order chi connectivity index (χ1) is 14.9. The van der Waals surface area contributed by atoms with Gasteiger partial charge in [0.25, 0.3) is 5.69 Å². The molecule has 3 aromatic carbocycles. The topological polar surface area (TPSA) is 97.4 Å². The van der Waals surface area contributed by atoms with E-state index in [0.717, 1.165) is 11.3 Å². The molecule has 1 aliphatic heterocycles. The Hall–Kier alpha value is -4.33. The van der Waals surface area contributed by atoms with Crippen molar-refractivity contribution in [2.75, 3.05) is 11.9 Å². The SMILES string of the molecule is CC(=O)N(C)c1cc([N+](=O)[O-])cc2c1C=Cc1cc(N=Nc3ccccc3)ccc1O2. The molecule has 0 atom stereocenters. The highest BCUT2D eigenvalue weighted by atomic mass is 16.6. The first-order valence-electron chi connectivity index (χ1n) is 9.46. The van der Waals surface area contributed by atoms with Gasteiger partial charge in [0, 0.05) is 31.2 Å². The summed E-state index contributed by atoms with van der Waals surface area (Å²) >= 11 is 0. The van der Waals surface area contributed by atoms with Crippen molar-refractivity contribution in [1.82, 2.24) is 0 Å². The molecule has 154 valence electrons. The van der Waals surface area contributed by atoms with Gasteiger partial charge in [-0.3, -0.25) is 14.9 Å². The zero-order valence-corrected chi connectivity index (χ0v) is 16.9. The van der Waals surface area contributed by atoms with Crippen LogP contribution in [-0.4, -0.2) is 17.9 Å². The number of azo groups is 1. The van der Waals surface area contributed by atoms with Crippen molar-refractivity contribution in [3.8, 4) is 11.5 Å². The average Bonchev–Trinajstić information content (AvgIpc) is 2.96. The number of ether oxygens (including phenoxy) is 1. The van der Waals surface area contributed by atoms with Crippen LogP contribution < -0.4 is 9.64 Å². The normalized spacial score (nSPS) is 11.9. The quantitative estimate of drug-likeness (QED) is 0.223. The van der Waals surface area contributed by atoms with E-state index >= 15 is 0 Å². The number of non-ortho nitro benzene ring substituents is 1. The maximum absolute atomic E-state index is 11.9. The Labute approximate surface area is 178 Å². The minimum Gasteiger partial charge on any atom is -0.456 e. The van der Waals surface area contributed by atoms with Crippen LogP contribution in [0, 0.1) is 10.1 Å². The number of nitro benzene ring substituents is 1. The lowest BCUT2D eigenvalue weighted by atomic mass is 10.1. The maximum atomic E-state index is 11.9. The summed E-state index contributed by atoms with van der Waals surface area (Å²) in [6.07, 6.45) is 3.60. The van der Waals surface area contributed by atoms with Crippen molar-refractivity contribution in [1.29, 1.82) is 0 Å². The molecule has 1 aliphatic rings. The molecule has 0 radical (unpaired) electrons. The summed E-state index contributed by atoms with van der Waals surface area (Å²) in [6, 6.07) is 17.4. The predicted octanol–water partition coefficient (Wildman–Crippen LogP) is 6.27. The number of benzene rings is 3.